The third-order valence-electron chi connectivity index (χ3n) is 2.90. The minimum atomic E-state index is 0.605. The molecule has 2 nitrogen and oxygen atoms in total. The summed E-state index contributed by atoms with van der Waals surface area (Å²) >= 11 is 3.47. The smallest absolute Gasteiger partial charge is 0.131 e. The maximum Gasteiger partial charge on any atom is 0.131 e. The molecule has 0 atom stereocenters. The lowest BCUT2D eigenvalue weighted by Gasteiger charge is -2.12. The van der Waals surface area contributed by atoms with Crippen molar-refractivity contribution in [2.45, 2.75) is 19.2 Å². The summed E-state index contributed by atoms with van der Waals surface area (Å²) in [6, 6.07) is 13.7. The Morgan fingerprint density at radius 3 is 2.58 bits per heavy atom. The van der Waals surface area contributed by atoms with E-state index in [1.807, 2.05) is 25.1 Å². The van der Waals surface area contributed by atoms with E-state index in [1.54, 1.807) is 12.1 Å². The minimum absolute atomic E-state index is 0.605. The van der Waals surface area contributed by atoms with Gasteiger partial charge >= 0.3 is 0 Å². The Hall–Kier alpha value is -1.79. The molecule has 0 N–H and O–H groups in total. The highest BCUT2D eigenvalue weighted by Gasteiger charge is 2.07. The van der Waals surface area contributed by atoms with Crippen molar-refractivity contribution in [2.24, 2.45) is 0 Å². The van der Waals surface area contributed by atoms with Crippen molar-refractivity contribution in [3.8, 4) is 17.6 Å². The second kappa shape index (κ2) is 5.90. The van der Waals surface area contributed by atoms with Crippen LogP contribution < -0.4 is 4.74 Å². The van der Waals surface area contributed by atoms with Crippen LogP contribution in [0.2, 0.25) is 0 Å². The van der Waals surface area contributed by atoms with Gasteiger partial charge in [0.1, 0.15) is 11.5 Å². The van der Waals surface area contributed by atoms with E-state index in [-0.39, 0.29) is 0 Å². The van der Waals surface area contributed by atoms with Gasteiger partial charge in [0.15, 0.2) is 0 Å². The Bertz CT molecular complexity index is 644. The fraction of sp³-hybridized carbons (Fsp3) is 0.188. The molecule has 0 bridgehead atoms. The van der Waals surface area contributed by atoms with Crippen LogP contribution in [0.4, 0.5) is 0 Å². The normalized spacial score (nSPS) is 10.0. The lowest BCUT2D eigenvalue weighted by atomic mass is 10.1. The summed E-state index contributed by atoms with van der Waals surface area (Å²) < 4.78 is 5.95. The molecule has 96 valence electrons. The molecule has 19 heavy (non-hydrogen) atoms. The number of nitriles is 1. The number of rotatable bonds is 3. The summed E-state index contributed by atoms with van der Waals surface area (Å²) in [5.74, 6) is 1.55. The highest BCUT2D eigenvalue weighted by molar-refractivity contribution is 9.08. The number of nitrogens with zero attached hydrogens (tertiary/aromatic N) is 1. The first kappa shape index (κ1) is 13.6. The van der Waals surface area contributed by atoms with Crippen molar-refractivity contribution in [3.63, 3.8) is 0 Å². The molecule has 3 heteroatoms. The van der Waals surface area contributed by atoms with Crippen molar-refractivity contribution < 1.29 is 4.74 Å². The molecule has 2 rings (SSSR count). The summed E-state index contributed by atoms with van der Waals surface area (Å²) in [5, 5.41) is 9.68. The number of hydrogen-bond donors (Lipinski definition) is 0. The SMILES string of the molecule is Cc1ccc(Oc2cc(C#N)ccc2C)c(CBr)c1. The summed E-state index contributed by atoms with van der Waals surface area (Å²) in [6.07, 6.45) is 0. The van der Waals surface area contributed by atoms with E-state index in [1.165, 1.54) is 5.56 Å². The van der Waals surface area contributed by atoms with Gasteiger partial charge in [0.05, 0.1) is 11.6 Å². The van der Waals surface area contributed by atoms with Gasteiger partial charge in [-0.2, -0.15) is 5.26 Å². The number of benzene rings is 2. The largest absolute Gasteiger partial charge is 0.457 e. The summed E-state index contributed by atoms with van der Waals surface area (Å²) in [5.41, 5.74) is 3.92. The first-order valence-electron chi connectivity index (χ1n) is 5.98. The van der Waals surface area contributed by atoms with Gasteiger partial charge in [-0.05, 0) is 37.6 Å². The Morgan fingerprint density at radius 1 is 1.11 bits per heavy atom. The van der Waals surface area contributed by atoms with Gasteiger partial charge in [-0.3, -0.25) is 0 Å². The molecule has 0 fully saturated rings. The zero-order valence-electron chi connectivity index (χ0n) is 10.9. The van der Waals surface area contributed by atoms with E-state index in [0.29, 0.717) is 5.56 Å². The Morgan fingerprint density at radius 2 is 1.89 bits per heavy atom. The van der Waals surface area contributed by atoms with Crippen LogP contribution in [0.15, 0.2) is 36.4 Å². The van der Waals surface area contributed by atoms with Gasteiger partial charge in [0.25, 0.3) is 0 Å². The molecule has 0 heterocycles. The Labute approximate surface area is 121 Å². The topological polar surface area (TPSA) is 33.0 Å². The van der Waals surface area contributed by atoms with Gasteiger partial charge in [-0.1, -0.05) is 39.7 Å². The second-order valence-corrected chi connectivity index (χ2v) is 5.00. The third kappa shape index (κ3) is 3.15. The average Bonchev–Trinajstić information content (AvgIpc) is 2.43. The quantitative estimate of drug-likeness (QED) is 0.757. The molecule has 2 aromatic rings. The third-order valence-corrected chi connectivity index (χ3v) is 3.50. The van der Waals surface area contributed by atoms with Gasteiger partial charge < -0.3 is 4.74 Å². The molecule has 0 spiro atoms. The van der Waals surface area contributed by atoms with Crippen LogP contribution in [-0.4, -0.2) is 0 Å². The summed E-state index contributed by atoms with van der Waals surface area (Å²) in [4.78, 5) is 0. The van der Waals surface area contributed by atoms with Crippen molar-refractivity contribution in [2.75, 3.05) is 0 Å². The molecular formula is C16H14BrNO. The first-order chi connectivity index (χ1) is 9.13. The Kier molecular flexibility index (Phi) is 4.24. The van der Waals surface area contributed by atoms with Crippen LogP contribution >= 0.6 is 15.9 Å². The molecule has 0 amide bonds. The fourth-order valence-electron chi connectivity index (χ4n) is 1.81. The highest BCUT2D eigenvalue weighted by Crippen LogP contribution is 2.30. The Balaban J connectivity index is 2.39. The predicted octanol–water partition coefficient (Wildman–Crippen LogP) is 4.86. The maximum atomic E-state index is 8.94. The zero-order valence-corrected chi connectivity index (χ0v) is 12.5. The van der Waals surface area contributed by atoms with Crippen LogP contribution in [0, 0.1) is 25.2 Å². The van der Waals surface area contributed by atoms with Crippen molar-refractivity contribution in [3.05, 3.63) is 58.7 Å². The molecule has 0 radical (unpaired) electrons. The zero-order chi connectivity index (χ0) is 13.8. The van der Waals surface area contributed by atoms with Gasteiger partial charge in [-0.25, -0.2) is 0 Å². The van der Waals surface area contributed by atoms with Crippen molar-refractivity contribution >= 4 is 15.9 Å². The highest BCUT2D eigenvalue weighted by atomic mass is 79.9. The van der Waals surface area contributed by atoms with E-state index in [2.05, 4.69) is 35.0 Å². The molecule has 2 aromatic carbocycles. The van der Waals surface area contributed by atoms with Crippen molar-refractivity contribution in [1.29, 1.82) is 5.26 Å². The number of hydrogen-bond acceptors (Lipinski definition) is 2. The van der Waals surface area contributed by atoms with Crippen LogP contribution in [0.25, 0.3) is 0 Å². The van der Waals surface area contributed by atoms with Crippen LogP contribution in [0.5, 0.6) is 11.5 Å². The van der Waals surface area contributed by atoms with E-state index in [9.17, 15) is 0 Å². The maximum absolute atomic E-state index is 8.94. The van der Waals surface area contributed by atoms with E-state index < -0.39 is 0 Å². The van der Waals surface area contributed by atoms with Gasteiger partial charge in [0.2, 0.25) is 0 Å². The molecular weight excluding hydrogens is 302 g/mol. The summed E-state index contributed by atoms with van der Waals surface area (Å²) in [7, 11) is 0. The molecule has 0 aliphatic carbocycles. The number of ether oxygens (including phenoxy) is 1. The van der Waals surface area contributed by atoms with E-state index in [0.717, 1.165) is 28.0 Å². The predicted molar refractivity (Wildman–Crippen MR) is 79.8 cm³/mol. The van der Waals surface area contributed by atoms with E-state index in [4.69, 9.17) is 10.00 Å². The first-order valence-corrected chi connectivity index (χ1v) is 7.10. The standard InChI is InChI=1S/C16H14BrNO/c1-11-3-6-15(14(7-11)9-17)19-16-8-13(10-18)5-4-12(16)2/h3-8H,9H2,1-2H3. The van der Waals surface area contributed by atoms with Gasteiger partial charge in [-0.15, -0.1) is 0 Å². The molecule has 0 aliphatic heterocycles. The minimum Gasteiger partial charge on any atom is -0.457 e. The summed E-state index contributed by atoms with van der Waals surface area (Å²) in [6.45, 7) is 4.02. The molecule has 0 unspecified atom stereocenters. The lowest BCUT2D eigenvalue weighted by Crippen LogP contribution is -1.93. The van der Waals surface area contributed by atoms with Crippen LogP contribution in [-0.2, 0) is 5.33 Å². The monoisotopic (exact) mass is 315 g/mol. The number of halogens is 1. The number of aryl methyl sites for hydroxylation is 2. The van der Waals surface area contributed by atoms with Gasteiger partial charge in [0, 0.05) is 10.9 Å². The molecule has 0 aliphatic rings. The second-order valence-electron chi connectivity index (χ2n) is 4.44. The molecule has 0 saturated heterocycles. The average molecular weight is 316 g/mol. The molecule has 0 aromatic heterocycles. The van der Waals surface area contributed by atoms with Crippen LogP contribution in [0.3, 0.4) is 0 Å². The van der Waals surface area contributed by atoms with Crippen molar-refractivity contribution in [1.82, 2.24) is 0 Å². The van der Waals surface area contributed by atoms with E-state index >= 15 is 0 Å². The molecule has 0 saturated carbocycles. The lowest BCUT2D eigenvalue weighted by molar-refractivity contribution is 0.474. The number of alkyl halides is 1. The van der Waals surface area contributed by atoms with Crippen LogP contribution in [0.1, 0.15) is 22.3 Å². The fourth-order valence-corrected chi connectivity index (χ4v) is 2.25.